The van der Waals surface area contributed by atoms with Crippen LogP contribution in [0.4, 0.5) is 10.5 Å². The lowest BCUT2D eigenvalue weighted by Crippen LogP contribution is -2.53. The lowest BCUT2D eigenvalue weighted by molar-refractivity contribution is 0.0670. The van der Waals surface area contributed by atoms with E-state index in [1.54, 1.807) is 0 Å². The second kappa shape index (κ2) is 6.07. The number of anilines is 1. The molecular weight excluding hydrogens is 304 g/mol. The topological polar surface area (TPSA) is 50.8 Å². The fourth-order valence-corrected chi connectivity index (χ4v) is 3.42. The van der Waals surface area contributed by atoms with E-state index in [9.17, 15) is 4.79 Å². The lowest BCUT2D eigenvalue weighted by atomic mass is 9.85. The van der Waals surface area contributed by atoms with Crippen molar-refractivity contribution in [3.05, 3.63) is 54.1 Å². The van der Waals surface area contributed by atoms with Crippen LogP contribution >= 0.6 is 0 Å². The molecule has 24 heavy (non-hydrogen) atoms. The van der Waals surface area contributed by atoms with Crippen LogP contribution in [-0.2, 0) is 0 Å². The van der Waals surface area contributed by atoms with Gasteiger partial charge in [-0.3, -0.25) is 0 Å². The number of rotatable bonds is 2. The van der Waals surface area contributed by atoms with E-state index in [0.29, 0.717) is 36.3 Å². The van der Waals surface area contributed by atoms with Crippen molar-refractivity contribution in [2.75, 3.05) is 25.1 Å². The molecule has 0 aliphatic carbocycles. The Morgan fingerprint density at radius 2 is 1.88 bits per heavy atom. The van der Waals surface area contributed by atoms with E-state index < -0.39 is 0 Å². The molecule has 2 aromatic carbocycles. The van der Waals surface area contributed by atoms with Crippen LogP contribution in [0.5, 0.6) is 11.5 Å². The third-order valence-corrected chi connectivity index (χ3v) is 4.57. The van der Waals surface area contributed by atoms with Gasteiger partial charge in [-0.2, -0.15) is 0 Å². The van der Waals surface area contributed by atoms with E-state index in [1.165, 1.54) is 5.56 Å². The highest BCUT2D eigenvalue weighted by atomic mass is 16.6. The predicted molar refractivity (Wildman–Crippen MR) is 91.5 cm³/mol. The van der Waals surface area contributed by atoms with Crippen LogP contribution in [0.25, 0.3) is 0 Å². The number of nitrogens with one attached hydrogen (secondary N) is 1. The molecule has 0 spiro atoms. The van der Waals surface area contributed by atoms with E-state index in [-0.39, 0.29) is 12.1 Å². The second-order valence-electron chi connectivity index (χ2n) is 6.25. The molecule has 2 aliphatic heterocycles. The van der Waals surface area contributed by atoms with E-state index in [4.69, 9.17) is 9.47 Å². The molecule has 1 saturated heterocycles. The Kier molecular flexibility index (Phi) is 3.76. The van der Waals surface area contributed by atoms with Gasteiger partial charge in [-0.25, -0.2) is 4.79 Å². The number of ether oxygens (including phenoxy) is 2. The summed E-state index contributed by atoms with van der Waals surface area (Å²) in [6, 6.07) is 15.7. The van der Waals surface area contributed by atoms with Crippen molar-refractivity contribution in [2.24, 2.45) is 5.92 Å². The quantitative estimate of drug-likeness (QED) is 0.917. The third kappa shape index (κ3) is 2.56. The van der Waals surface area contributed by atoms with E-state index >= 15 is 0 Å². The largest absolute Gasteiger partial charge is 0.486 e. The standard InChI is InChI=1S/C19H20N2O3/c1-13-12-21(17(13)14-6-3-2-4-7-14)19(22)20-15-8-5-9-16-18(15)24-11-10-23-16/h2-9,13,17H,10-12H2,1H3,(H,20,22)/t13-,17-/m0/s1. The van der Waals surface area contributed by atoms with Gasteiger partial charge in [-0.15, -0.1) is 0 Å². The highest BCUT2D eigenvalue weighted by molar-refractivity contribution is 5.92. The van der Waals surface area contributed by atoms with Crippen molar-refractivity contribution in [1.29, 1.82) is 0 Å². The predicted octanol–water partition coefficient (Wildman–Crippen LogP) is 3.68. The maximum Gasteiger partial charge on any atom is 0.322 e. The minimum atomic E-state index is -0.107. The first kappa shape index (κ1) is 14.9. The van der Waals surface area contributed by atoms with Gasteiger partial charge in [0, 0.05) is 6.54 Å². The molecule has 0 saturated carbocycles. The summed E-state index contributed by atoms with van der Waals surface area (Å²) in [5.74, 6) is 1.74. The first-order chi connectivity index (χ1) is 11.7. The summed E-state index contributed by atoms with van der Waals surface area (Å²) in [6.45, 7) is 3.94. The van der Waals surface area contributed by atoms with Gasteiger partial charge in [0.2, 0.25) is 0 Å². The minimum absolute atomic E-state index is 0.107. The molecule has 2 amide bonds. The van der Waals surface area contributed by atoms with Gasteiger partial charge in [-0.05, 0) is 23.6 Å². The van der Waals surface area contributed by atoms with Crippen molar-refractivity contribution in [1.82, 2.24) is 4.90 Å². The SMILES string of the molecule is C[C@H]1CN(C(=O)Nc2cccc3c2OCCO3)[C@@H]1c1ccccc1. The van der Waals surface area contributed by atoms with Crippen molar-refractivity contribution in [2.45, 2.75) is 13.0 Å². The van der Waals surface area contributed by atoms with Crippen LogP contribution in [0.2, 0.25) is 0 Å². The average molecular weight is 324 g/mol. The zero-order valence-electron chi connectivity index (χ0n) is 13.6. The maximum atomic E-state index is 12.7. The molecule has 0 bridgehead atoms. The summed E-state index contributed by atoms with van der Waals surface area (Å²) >= 11 is 0. The molecule has 2 atom stereocenters. The normalized spacial score (nSPS) is 21.8. The van der Waals surface area contributed by atoms with Crippen LogP contribution in [0.15, 0.2) is 48.5 Å². The van der Waals surface area contributed by atoms with Crippen LogP contribution in [0.1, 0.15) is 18.5 Å². The highest BCUT2D eigenvalue weighted by Crippen LogP contribution is 2.41. The molecule has 2 heterocycles. The Balaban J connectivity index is 1.53. The van der Waals surface area contributed by atoms with E-state index in [1.807, 2.05) is 41.3 Å². The fraction of sp³-hybridized carbons (Fsp3) is 0.316. The number of carbonyl (C=O) groups is 1. The molecule has 124 valence electrons. The van der Waals surface area contributed by atoms with Crippen molar-refractivity contribution in [3.63, 3.8) is 0 Å². The Morgan fingerprint density at radius 1 is 1.08 bits per heavy atom. The van der Waals surface area contributed by atoms with Crippen molar-refractivity contribution in [3.8, 4) is 11.5 Å². The van der Waals surface area contributed by atoms with Crippen molar-refractivity contribution >= 4 is 11.7 Å². The molecule has 0 aromatic heterocycles. The number of para-hydroxylation sites is 1. The zero-order chi connectivity index (χ0) is 16.5. The number of likely N-dealkylation sites (tertiary alicyclic amines) is 1. The summed E-state index contributed by atoms with van der Waals surface area (Å²) in [5, 5.41) is 2.97. The highest BCUT2D eigenvalue weighted by Gasteiger charge is 2.40. The average Bonchev–Trinajstić information content (AvgIpc) is 2.60. The number of hydrogen-bond acceptors (Lipinski definition) is 3. The number of amides is 2. The third-order valence-electron chi connectivity index (χ3n) is 4.57. The number of nitrogens with zero attached hydrogens (tertiary/aromatic N) is 1. The molecule has 5 nitrogen and oxygen atoms in total. The number of hydrogen-bond donors (Lipinski definition) is 1. The summed E-state index contributed by atoms with van der Waals surface area (Å²) in [6.07, 6.45) is 0. The Hall–Kier alpha value is -2.69. The van der Waals surface area contributed by atoms with Gasteiger partial charge in [0.1, 0.15) is 13.2 Å². The molecule has 5 heteroatoms. The van der Waals surface area contributed by atoms with Crippen LogP contribution in [0.3, 0.4) is 0 Å². The maximum absolute atomic E-state index is 12.7. The molecule has 4 rings (SSSR count). The number of benzene rings is 2. The van der Waals surface area contributed by atoms with E-state index in [2.05, 4.69) is 24.4 Å². The number of carbonyl (C=O) groups excluding carboxylic acids is 1. The van der Waals surface area contributed by atoms with Gasteiger partial charge in [0.05, 0.1) is 11.7 Å². The summed E-state index contributed by atoms with van der Waals surface area (Å²) in [7, 11) is 0. The van der Waals surface area contributed by atoms with Gasteiger partial charge < -0.3 is 19.7 Å². The van der Waals surface area contributed by atoms with Gasteiger partial charge in [0.15, 0.2) is 11.5 Å². The van der Waals surface area contributed by atoms with E-state index in [0.717, 1.165) is 6.54 Å². The van der Waals surface area contributed by atoms with Gasteiger partial charge >= 0.3 is 6.03 Å². The first-order valence-electron chi connectivity index (χ1n) is 8.25. The number of fused-ring (bicyclic) bond motifs is 1. The molecule has 1 fully saturated rings. The monoisotopic (exact) mass is 324 g/mol. The van der Waals surface area contributed by atoms with Crippen molar-refractivity contribution < 1.29 is 14.3 Å². The Labute approximate surface area is 141 Å². The molecule has 0 unspecified atom stereocenters. The fourth-order valence-electron chi connectivity index (χ4n) is 3.42. The van der Waals surface area contributed by atoms with Gasteiger partial charge in [0.25, 0.3) is 0 Å². The lowest BCUT2D eigenvalue weighted by Gasteiger charge is -2.46. The Bertz CT molecular complexity index is 748. The van der Waals surface area contributed by atoms with Crippen LogP contribution in [-0.4, -0.2) is 30.7 Å². The zero-order valence-corrected chi connectivity index (χ0v) is 13.6. The summed E-state index contributed by atoms with van der Waals surface area (Å²) < 4.78 is 11.2. The second-order valence-corrected chi connectivity index (χ2v) is 6.25. The summed E-state index contributed by atoms with van der Waals surface area (Å²) in [4.78, 5) is 14.6. The first-order valence-corrected chi connectivity index (χ1v) is 8.25. The molecule has 2 aromatic rings. The minimum Gasteiger partial charge on any atom is -0.486 e. The number of urea groups is 1. The van der Waals surface area contributed by atoms with Gasteiger partial charge in [-0.1, -0.05) is 43.3 Å². The molecule has 2 aliphatic rings. The van der Waals surface area contributed by atoms with Crippen LogP contribution < -0.4 is 14.8 Å². The summed E-state index contributed by atoms with van der Waals surface area (Å²) in [5.41, 5.74) is 1.82. The Morgan fingerprint density at radius 3 is 2.67 bits per heavy atom. The van der Waals surface area contributed by atoms with Crippen LogP contribution in [0, 0.1) is 5.92 Å². The molecule has 0 radical (unpaired) electrons. The smallest absolute Gasteiger partial charge is 0.322 e. The molecular formula is C19H20N2O3. The molecule has 1 N–H and O–H groups in total.